The third-order valence-electron chi connectivity index (χ3n) is 3.08. The molecule has 0 spiro atoms. The Morgan fingerprint density at radius 3 is 2.67 bits per heavy atom. The van der Waals surface area contributed by atoms with Gasteiger partial charge in [-0.25, -0.2) is 0 Å². The minimum absolute atomic E-state index is 0.0257. The first-order valence-electron chi connectivity index (χ1n) is 7.26. The summed E-state index contributed by atoms with van der Waals surface area (Å²) in [7, 11) is 3.80. The van der Waals surface area contributed by atoms with Gasteiger partial charge in [-0.05, 0) is 17.9 Å². The molecule has 0 saturated carbocycles. The standard InChI is InChI=1S/C15H26N4OS/c1-12(2)14(20)17-8-9-18-15(16-3)19(4)10-7-13-6-5-11-21-13/h5-6,11-12H,7-10H2,1-4H3,(H,16,18)(H,17,20). The summed E-state index contributed by atoms with van der Waals surface area (Å²) in [5, 5.41) is 8.24. The third kappa shape index (κ3) is 6.62. The van der Waals surface area contributed by atoms with Crippen molar-refractivity contribution in [1.82, 2.24) is 15.5 Å². The predicted octanol–water partition coefficient (Wildman–Crippen LogP) is 1.57. The molecule has 1 amide bonds. The van der Waals surface area contributed by atoms with Crippen molar-refractivity contribution in [3.05, 3.63) is 22.4 Å². The molecule has 2 N–H and O–H groups in total. The molecule has 1 heterocycles. The molecule has 1 aromatic heterocycles. The number of carbonyl (C=O) groups excluding carboxylic acids is 1. The summed E-state index contributed by atoms with van der Waals surface area (Å²) in [6.07, 6.45) is 1.01. The van der Waals surface area contributed by atoms with E-state index in [1.165, 1.54) is 4.88 Å². The highest BCUT2D eigenvalue weighted by Crippen LogP contribution is 2.09. The highest BCUT2D eigenvalue weighted by atomic mass is 32.1. The molecule has 1 rings (SSSR count). The summed E-state index contributed by atoms with van der Waals surface area (Å²) in [4.78, 5) is 19.2. The molecule has 0 unspecified atom stereocenters. The summed E-state index contributed by atoms with van der Waals surface area (Å²) in [5.41, 5.74) is 0. The smallest absolute Gasteiger partial charge is 0.222 e. The van der Waals surface area contributed by atoms with Crippen molar-refractivity contribution >= 4 is 23.2 Å². The Kier molecular flexibility index (Phi) is 7.82. The summed E-state index contributed by atoms with van der Waals surface area (Å²) in [5.74, 6) is 0.959. The average molecular weight is 310 g/mol. The van der Waals surface area contributed by atoms with Crippen LogP contribution in [0.3, 0.4) is 0 Å². The van der Waals surface area contributed by atoms with Gasteiger partial charge >= 0.3 is 0 Å². The average Bonchev–Trinajstić information content (AvgIpc) is 2.97. The number of nitrogens with one attached hydrogen (secondary N) is 2. The molecular weight excluding hydrogens is 284 g/mol. The molecule has 5 nitrogen and oxygen atoms in total. The molecule has 0 radical (unpaired) electrons. The molecule has 0 atom stereocenters. The minimum Gasteiger partial charge on any atom is -0.354 e. The monoisotopic (exact) mass is 310 g/mol. The van der Waals surface area contributed by atoms with Crippen LogP contribution in [-0.4, -0.2) is 50.5 Å². The van der Waals surface area contributed by atoms with Crippen LogP contribution in [0.2, 0.25) is 0 Å². The van der Waals surface area contributed by atoms with E-state index in [0.717, 1.165) is 18.9 Å². The Morgan fingerprint density at radius 2 is 2.10 bits per heavy atom. The second kappa shape index (κ2) is 9.39. The van der Waals surface area contributed by atoms with Crippen molar-refractivity contribution in [3.63, 3.8) is 0 Å². The van der Waals surface area contributed by atoms with Gasteiger partial charge < -0.3 is 15.5 Å². The van der Waals surface area contributed by atoms with E-state index >= 15 is 0 Å². The first-order valence-corrected chi connectivity index (χ1v) is 8.14. The summed E-state index contributed by atoms with van der Waals surface area (Å²) in [6.45, 7) is 5.97. The zero-order valence-corrected chi connectivity index (χ0v) is 14.2. The number of aliphatic imine (C=N–C) groups is 1. The second-order valence-electron chi connectivity index (χ2n) is 5.17. The topological polar surface area (TPSA) is 56.7 Å². The van der Waals surface area contributed by atoms with Gasteiger partial charge in [0.2, 0.25) is 5.91 Å². The maximum atomic E-state index is 11.4. The van der Waals surface area contributed by atoms with Gasteiger partial charge in [0, 0.05) is 44.5 Å². The first-order chi connectivity index (χ1) is 10.0. The lowest BCUT2D eigenvalue weighted by Crippen LogP contribution is -2.43. The Hall–Kier alpha value is -1.56. The van der Waals surface area contributed by atoms with Crippen LogP contribution in [0.25, 0.3) is 0 Å². The maximum absolute atomic E-state index is 11.4. The second-order valence-corrected chi connectivity index (χ2v) is 6.20. The normalized spacial score (nSPS) is 11.6. The van der Waals surface area contributed by atoms with Gasteiger partial charge in [0.25, 0.3) is 0 Å². The van der Waals surface area contributed by atoms with Crippen LogP contribution >= 0.6 is 11.3 Å². The molecule has 0 aromatic carbocycles. The predicted molar refractivity (Wildman–Crippen MR) is 89.9 cm³/mol. The summed E-state index contributed by atoms with van der Waals surface area (Å²) in [6, 6.07) is 4.22. The number of thiophene rings is 1. The molecule has 0 aliphatic rings. The van der Waals surface area contributed by atoms with Crippen molar-refractivity contribution in [2.75, 3.05) is 33.7 Å². The van der Waals surface area contributed by atoms with E-state index in [9.17, 15) is 4.79 Å². The SMILES string of the molecule is CN=C(NCCNC(=O)C(C)C)N(C)CCc1cccs1. The van der Waals surface area contributed by atoms with Gasteiger partial charge in [-0.15, -0.1) is 11.3 Å². The molecule has 6 heteroatoms. The lowest BCUT2D eigenvalue weighted by Gasteiger charge is -2.22. The fourth-order valence-corrected chi connectivity index (χ4v) is 2.49. The first kappa shape index (κ1) is 17.5. The van der Waals surface area contributed by atoms with Crippen LogP contribution in [0.1, 0.15) is 18.7 Å². The van der Waals surface area contributed by atoms with Gasteiger partial charge in [0.1, 0.15) is 0 Å². The largest absolute Gasteiger partial charge is 0.354 e. The van der Waals surface area contributed by atoms with E-state index in [4.69, 9.17) is 0 Å². The summed E-state index contributed by atoms with van der Waals surface area (Å²) < 4.78 is 0. The number of nitrogens with zero attached hydrogens (tertiary/aromatic N) is 2. The Labute approximate surface area is 131 Å². The van der Waals surface area contributed by atoms with E-state index in [0.29, 0.717) is 13.1 Å². The Balaban J connectivity index is 2.25. The molecule has 21 heavy (non-hydrogen) atoms. The fraction of sp³-hybridized carbons (Fsp3) is 0.600. The summed E-state index contributed by atoms with van der Waals surface area (Å²) >= 11 is 1.78. The number of hydrogen-bond donors (Lipinski definition) is 2. The van der Waals surface area contributed by atoms with Crippen molar-refractivity contribution < 1.29 is 4.79 Å². The highest BCUT2D eigenvalue weighted by molar-refractivity contribution is 7.09. The molecular formula is C15H26N4OS. The zero-order chi connectivity index (χ0) is 15.7. The Morgan fingerprint density at radius 1 is 1.38 bits per heavy atom. The van der Waals surface area contributed by atoms with Gasteiger partial charge in [0.15, 0.2) is 5.96 Å². The Bertz CT molecular complexity index is 443. The van der Waals surface area contributed by atoms with E-state index in [2.05, 4.69) is 38.0 Å². The van der Waals surface area contributed by atoms with Crippen LogP contribution in [0.15, 0.2) is 22.5 Å². The molecule has 0 bridgehead atoms. The van der Waals surface area contributed by atoms with Crippen molar-refractivity contribution in [1.29, 1.82) is 0 Å². The van der Waals surface area contributed by atoms with Crippen molar-refractivity contribution in [2.45, 2.75) is 20.3 Å². The number of likely N-dealkylation sites (N-methyl/N-ethyl adjacent to an activating group) is 1. The number of rotatable bonds is 7. The molecule has 118 valence electrons. The van der Waals surface area contributed by atoms with Crippen molar-refractivity contribution in [2.24, 2.45) is 10.9 Å². The maximum Gasteiger partial charge on any atom is 0.222 e. The van der Waals surface area contributed by atoms with Gasteiger partial charge in [0.05, 0.1) is 0 Å². The number of guanidine groups is 1. The van der Waals surface area contributed by atoms with E-state index in [1.807, 2.05) is 20.9 Å². The zero-order valence-electron chi connectivity index (χ0n) is 13.3. The minimum atomic E-state index is 0.0257. The van der Waals surface area contributed by atoms with Crippen LogP contribution in [0.4, 0.5) is 0 Å². The fourth-order valence-electron chi connectivity index (χ4n) is 1.79. The van der Waals surface area contributed by atoms with Crippen molar-refractivity contribution in [3.8, 4) is 0 Å². The van der Waals surface area contributed by atoms with E-state index in [1.54, 1.807) is 18.4 Å². The molecule has 0 aliphatic carbocycles. The third-order valence-corrected chi connectivity index (χ3v) is 4.01. The molecule has 0 aliphatic heterocycles. The van der Waals surface area contributed by atoms with E-state index in [-0.39, 0.29) is 11.8 Å². The number of hydrogen-bond acceptors (Lipinski definition) is 3. The van der Waals surface area contributed by atoms with E-state index < -0.39 is 0 Å². The van der Waals surface area contributed by atoms with Gasteiger partial charge in [-0.1, -0.05) is 19.9 Å². The van der Waals surface area contributed by atoms with Gasteiger partial charge in [-0.3, -0.25) is 9.79 Å². The molecule has 1 aromatic rings. The highest BCUT2D eigenvalue weighted by Gasteiger charge is 2.07. The number of carbonyl (C=O) groups is 1. The lowest BCUT2D eigenvalue weighted by atomic mass is 10.2. The lowest BCUT2D eigenvalue weighted by molar-refractivity contribution is -0.123. The van der Waals surface area contributed by atoms with Crippen LogP contribution in [-0.2, 0) is 11.2 Å². The van der Waals surface area contributed by atoms with Crippen LogP contribution < -0.4 is 10.6 Å². The molecule has 0 saturated heterocycles. The number of amides is 1. The quantitative estimate of drug-likeness (QED) is 0.457. The molecule has 0 fully saturated rings. The van der Waals surface area contributed by atoms with Gasteiger partial charge in [-0.2, -0.15) is 0 Å². The van der Waals surface area contributed by atoms with Crippen LogP contribution in [0.5, 0.6) is 0 Å². The van der Waals surface area contributed by atoms with Crippen LogP contribution in [0, 0.1) is 5.92 Å².